The number of rotatable bonds is 2. The molecule has 3 heterocycles. The Balaban J connectivity index is 2.27. The molecule has 0 saturated carbocycles. The van der Waals surface area contributed by atoms with E-state index in [1.54, 1.807) is 0 Å². The third-order valence-corrected chi connectivity index (χ3v) is 3.34. The van der Waals surface area contributed by atoms with Gasteiger partial charge in [-0.05, 0) is 19.1 Å². The van der Waals surface area contributed by atoms with E-state index in [0.29, 0.717) is 30.9 Å². The number of pyridine rings is 2. The summed E-state index contributed by atoms with van der Waals surface area (Å²) in [6.07, 6.45) is 1.50. The van der Waals surface area contributed by atoms with Crippen molar-refractivity contribution < 1.29 is 14.6 Å². The molecule has 0 unspecified atom stereocenters. The summed E-state index contributed by atoms with van der Waals surface area (Å²) in [6.45, 7) is 3.19. The summed E-state index contributed by atoms with van der Waals surface area (Å²) in [7, 11) is 0. The summed E-state index contributed by atoms with van der Waals surface area (Å²) in [6, 6.07) is 3.80. The van der Waals surface area contributed by atoms with Gasteiger partial charge >= 0.3 is 5.97 Å². The molecule has 104 valence electrons. The van der Waals surface area contributed by atoms with Crippen LogP contribution >= 0.6 is 0 Å². The van der Waals surface area contributed by atoms with Gasteiger partial charge in [0.15, 0.2) is 5.65 Å². The van der Waals surface area contributed by atoms with E-state index in [2.05, 4.69) is 9.97 Å². The van der Waals surface area contributed by atoms with Crippen molar-refractivity contribution in [3.05, 3.63) is 29.6 Å². The van der Waals surface area contributed by atoms with Crippen LogP contribution in [-0.2, 0) is 4.74 Å². The van der Waals surface area contributed by atoms with E-state index in [1.807, 2.05) is 24.0 Å². The number of aliphatic hydroxyl groups is 1. The van der Waals surface area contributed by atoms with E-state index >= 15 is 0 Å². The molecule has 20 heavy (non-hydrogen) atoms. The van der Waals surface area contributed by atoms with Crippen molar-refractivity contribution in [3.63, 3.8) is 0 Å². The first kappa shape index (κ1) is 12.8. The monoisotopic (exact) mass is 273 g/mol. The summed E-state index contributed by atoms with van der Waals surface area (Å²) in [5, 5.41) is 10.0. The van der Waals surface area contributed by atoms with Crippen molar-refractivity contribution in [2.45, 2.75) is 6.92 Å². The second kappa shape index (κ2) is 5.05. The summed E-state index contributed by atoms with van der Waals surface area (Å²) in [4.78, 5) is 22.6. The fourth-order valence-electron chi connectivity index (χ4n) is 2.43. The minimum atomic E-state index is -0.379. The molecule has 0 bridgehead atoms. The lowest BCUT2D eigenvalue weighted by Crippen LogP contribution is -2.29. The fourth-order valence-corrected chi connectivity index (χ4v) is 2.43. The summed E-state index contributed by atoms with van der Waals surface area (Å²) >= 11 is 0. The number of ether oxygens (including phenoxy) is 1. The standard InChI is InChI=1S/C14H15N3O3/c1-9-2-3-10-12-11(8-15-13(10)16-9)14(19)20-7-5-17(12)4-6-18/h2-3,8,18H,4-7H2,1H3. The number of anilines is 1. The SMILES string of the molecule is Cc1ccc2c3c(cnc2n1)C(=O)OCCN3CCO. The highest BCUT2D eigenvalue weighted by Gasteiger charge is 2.25. The zero-order valence-electron chi connectivity index (χ0n) is 11.2. The van der Waals surface area contributed by atoms with Gasteiger partial charge in [-0.3, -0.25) is 0 Å². The third kappa shape index (κ3) is 2.08. The van der Waals surface area contributed by atoms with E-state index < -0.39 is 0 Å². The average Bonchev–Trinajstić information content (AvgIpc) is 2.59. The van der Waals surface area contributed by atoms with Crippen LogP contribution in [0.25, 0.3) is 11.0 Å². The number of carbonyl (C=O) groups is 1. The molecule has 1 aliphatic rings. The topological polar surface area (TPSA) is 75.5 Å². The molecule has 0 aliphatic carbocycles. The van der Waals surface area contributed by atoms with E-state index in [1.165, 1.54) is 6.20 Å². The van der Waals surface area contributed by atoms with Crippen LogP contribution in [0.2, 0.25) is 0 Å². The van der Waals surface area contributed by atoms with Crippen LogP contribution in [-0.4, -0.2) is 47.3 Å². The van der Waals surface area contributed by atoms with Gasteiger partial charge in [-0.2, -0.15) is 0 Å². The minimum Gasteiger partial charge on any atom is -0.460 e. The van der Waals surface area contributed by atoms with Gasteiger partial charge in [0.1, 0.15) is 12.2 Å². The number of cyclic esters (lactones) is 1. The Labute approximate surface area is 116 Å². The highest BCUT2D eigenvalue weighted by molar-refractivity contribution is 6.04. The maximum atomic E-state index is 12.0. The van der Waals surface area contributed by atoms with Gasteiger partial charge in [0.25, 0.3) is 0 Å². The van der Waals surface area contributed by atoms with Crippen LogP contribution in [0.3, 0.4) is 0 Å². The molecule has 3 rings (SSSR count). The van der Waals surface area contributed by atoms with E-state index in [-0.39, 0.29) is 12.6 Å². The molecule has 0 saturated heterocycles. The lowest BCUT2D eigenvalue weighted by molar-refractivity contribution is 0.0526. The molecule has 0 aromatic carbocycles. The van der Waals surface area contributed by atoms with Crippen LogP contribution in [0.1, 0.15) is 16.1 Å². The maximum Gasteiger partial charge on any atom is 0.341 e. The first-order chi connectivity index (χ1) is 9.70. The Hall–Kier alpha value is -2.21. The van der Waals surface area contributed by atoms with E-state index in [0.717, 1.165) is 16.8 Å². The zero-order valence-corrected chi connectivity index (χ0v) is 11.2. The highest BCUT2D eigenvalue weighted by Crippen LogP contribution is 2.31. The van der Waals surface area contributed by atoms with Crippen LogP contribution in [0.4, 0.5) is 5.69 Å². The first-order valence-electron chi connectivity index (χ1n) is 6.50. The molecule has 0 atom stereocenters. The van der Waals surface area contributed by atoms with Crippen molar-refractivity contribution in [2.24, 2.45) is 0 Å². The van der Waals surface area contributed by atoms with Crippen molar-refractivity contribution in [2.75, 3.05) is 31.2 Å². The van der Waals surface area contributed by atoms with E-state index in [4.69, 9.17) is 4.74 Å². The molecular weight excluding hydrogens is 258 g/mol. The highest BCUT2D eigenvalue weighted by atomic mass is 16.5. The smallest absolute Gasteiger partial charge is 0.341 e. The Morgan fingerprint density at radius 3 is 3.10 bits per heavy atom. The first-order valence-corrected chi connectivity index (χ1v) is 6.50. The molecule has 2 aromatic heterocycles. The Kier molecular flexibility index (Phi) is 3.23. The predicted octanol–water partition coefficient (Wildman–Crippen LogP) is 0.907. The molecule has 0 spiro atoms. The molecule has 6 nitrogen and oxygen atoms in total. The number of nitrogens with zero attached hydrogens (tertiary/aromatic N) is 3. The summed E-state index contributed by atoms with van der Waals surface area (Å²) in [5.74, 6) is -0.379. The number of carbonyl (C=O) groups excluding carboxylic acids is 1. The van der Waals surface area contributed by atoms with Gasteiger partial charge in [0.2, 0.25) is 0 Å². The lowest BCUT2D eigenvalue weighted by atomic mass is 10.1. The molecule has 0 amide bonds. The Morgan fingerprint density at radius 2 is 2.30 bits per heavy atom. The molecule has 2 aromatic rings. The molecular formula is C14H15N3O3. The largest absolute Gasteiger partial charge is 0.460 e. The minimum absolute atomic E-state index is 0.0107. The Bertz CT molecular complexity index is 672. The number of aliphatic hydroxyl groups excluding tert-OH is 1. The van der Waals surface area contributed by atoms with Gasteiger partial charge in [-0.25, -0.2) is 14.8 Å². The van der Waals surface area contributed by atoms with Crippen LogP contribution in [0.5, 0.6) is 0 Å². The fraction of sp³-hybridized carbons (Fsp3) is 0.357. The summed E-state index contributed by atoms with van der Waals surface area (Å²) in [5.41, 5.74) is 2.64. The quantitative estimate of drug-likeness (QED) is 0.820. The number of hydrogen-bond acceptors (Lipinski definition) is 6. The second-order valence-corrected chi connectivity index (χ2v) is 4.69. The van der Waals surface area contributed by atoms with Gasteiger partial charge in [-0.1, -0.05) is 0 Å². The van der Waals surface area contributed by atoms with Crippen LogP contribution in [0, 0.1) is 6.92 Å². The lowest BCUT2D eigenvalue weighted by Gasteiger charge is -2.23. The number of hydrogen-bond donors (Lipinski definition) is 1. The van der Waals surface area contributed by atoms with Crippen LogP contribution < -0.4 is 4.90 Å². The number of aryl methyl sites for hydroxylation is 1. The molecule has 0 radical (unpaired) electrons. The number of aromatic nitrogens is 2. The molecule has 1 aliphatic heterocycles. The molecule has 6 heteroatoms. The third-order valence-electron chi connectivity index (χ3n) is 3.34. The number of β-amino-alcohol motifs (C(OH)–C–C–N with tert-alkyl or cyclic N) is 1. The summed E-state index contributed by atoms with van der Waals surface area (Å²) < 4.78 is 5.16. The number of esters is 1. The van der Waals surface area contributed by atoms with Gasteiger partial charge in [-0.15, -0.1) is 0 Å². The van der Waals surface area contributed by atoms with E-state index in [9.17, 15) is 9.90 Å². The van der Waals surface area contributed by atoms with Crippen molar-refractivity contribution >= 4 is 22.7 Å². The second-order valence-electron chi connectivity index (χ2n) is 4.69. The molecule has 0 fully saturated rings. The van der Waals surface area contributed by atoms with Crippen molar-refractivity contribution in [1.82, 2.24) is 9.97 Å². The van der Waals surface area contributed by atoms with Crippen molar-refractivity contribution in [1.29, 1.82) is 0 Å². The zero-order chi connectivity index (χ0) is 14.1. The van der Waals surface area contributed by atoms with Gasteiger partial charge in [0, 0.05) is 23.8 Å². The predicted molar refractivity (Wildman–Crippen MR) is 73.9 cm³/mol. The molecule has 1 N–H and O–H groups in total. The van der Waals surface area contributed by atoms with Gasteiger partial charge < -0.3 is 14.7 Å². The van der Waals surface area contributed by atoms with Gasteiger partial charge in [0.05, 0.1) is 18.8 Å². The normalized spacial score (nSPS) is 14.9. The van der Waals surface area contributed by atoms with Crippen LogP contribution in [0.15, 0.2) is 18.3 Å². The maximum absolute atomic E-state index is 12.0. The van der Waals surface area contributed by atoms with Crippen molar-refractivity contribution in [3.8, 4) is 0 Å². The number of fused-ring (bicyclic) bond motifs is 3. The average molecular weight is 273 g/mol. The Morgan fingerprint density at radius 1 is 1.45 bits per heavy atom.